The first kappa shape index (κ1) is 23.4. The first-order valence-electron chi connectivity index (χ1n) is 9.28. The van der Waals surface area contributed by atoms with E-state index in [-0.39, 0.29) is 12.8 Å². The molecule has 0 heterocycles. The van der Waals surface area contributed by atoms with Crippen LogP contribution in [0.2, 0.25) is 0 Å². The average Bonchev–Trinajstić information content (AvgIpc) is 2.59. The van der Waals surface area contributed by atoms with E-state index in [1.807, 2.05) is 30.3 Å². The van der Waals surface area contributed by atoms with Gasteiger partial charge in [0.1, 0.15) is 17.7 Å². The van der Waals surface area contributed by atoms with E-state index < -0.39 is 35.7 Å². The highest BCUT2D eigenvalue weighted by atomic mass is 16.6. The minimum Gasteiger partial charge on any atom is -0.480 e. The smallest absolute Gasteiger partial charge is 0.408 e. The van der Waals surface area contributed by atoms with E-state index in [9.17, 15) is 19.5 Å². The molecule has 1 aromatic rings. The van der Waals surface area contributed by atoms with E-state index >= 15 is 0 Å². The van der Waals surface area contributed by atoms with Gasteiger partial charge in [-0.3, -0.25) is 4.79 Å². The van der Waals surface area contributed by atoms with Crippen molar-refractivity contribution in [3.63, 3.8) is 0 Å². The number of carboxylic acid groups (broad SMARTS) is 1. The van der Waals surface area contributed by atoms with E-state index in [0.29, 0.717) is 13.0 Å². The van der Waals surface area contributed by atoms with Gasteiger partial charge in [-0.25, -0.2) is 9.59 Å². The largest absolute Gasteiger partial charge is 0.480 e. The minimum absolute atomic E-state index is 0.215. The second-order valence-electron chi connectivity index (χ2n) is 7.62. The van der Waals surface area contributed by atoms with Crippen molar-refractivity contribution in [2.75, 3.05) is 13.6 Å². The molecule has 0 aliphatic carbocycles. The summed E-state index contributed by atoms with van der Waals surface area (Å²) >= 11 is 0. The molecule has 2 amide bonds. The first-order valence-corrected chi connectivity index (χ1v) is 9.28. The molecule has 0 aliphatic heterocycles. The summed E-state index contributed by atoms with van der Waals surface area (Å²) in [6, 6.07) is 7.20. The van der Waals surface area contributed by atoms with E-state index in [0.717, 1.165) is 10.5 Å². The predicted molar refractivity (Wildman–Crippen MR) is 106 cm³/mol. The van der Waals surface area contributed by atoms with Gasteiger partial charge < -0.3 is 25.8 Å². The molecule has 0 aromatic heterocycles. The van der Waals surface area contributed by atoms with Gasteiger partial charge in [0.05, 0.1) is 0 Å². The highest BCUT2D eigenvalue weighted by Gasteiger charge is 2.32. The van der Waals surface area contributed by atoms with Crippen molar-refractivity contribution in [1.29, 1.82) is 0 Å². The van der Waals surface area contributed by atoms with Gasteiger partial charge in [-0.05, 0) is 45.7 Å². The third kappa shape index (κ3) is 7.96. The molecule has 0 bridgehead atoms. The molecule has 0 aliphatic rings. The zero-order valence-electron chi connectivity index (χ0n) is 17.0. The number of carbonyl (C=O) groups excluding carboxylic acids is 2. The fourth-order valence-electron chi connectivity index (χ4n) is 2.69. The Hall–Kier alpha value is -2.61. The van der Waals surface area contributed by atoms with Gasteiger partial charge in [-0.1, -0.05) is 30.3 Å². The van der Waals surface area contributed by atoms with Gasteiger partial charge in [-0.15, -0.1) is 0 Å². The Bertz CT molecular complexity index is 658. The van der Waals surface area contributed by atoms with Crippen LogP contribution in [0.3, 0.4) is 0 Å². The number of hydrogen-bond acceptors (Lipinski definition) is 5. The zero-order chi connectivity index (χ0) is 21.3. The molecule has 2 atom stereocenters. The van der Waals surface area contributed by atoms with Gasteiger partial charge in [0.15, 0.2) is 0 Å². The Balaban J connectivity index is 3.01. The average molecular weight is 393 g/mol. The number of likely N-dealkylation sites (N-methyl/N-ethyl adjacent to an activating group) is 1. The summed E-state index contributed by atoms with van der Waals surface area (Å²) in [5, 5.41) is 12.1. The number of amides is 2. The molecule has 0 unspecified atom stereocenters. The van der Waals surface area contributed by atoms with Gasteiger partial charge in [0.2, 0.25) is 5.91 Å². The number of benzene rings is 1. The Morgan fingerprint density at radius 2 is 1.82 bits per heavy atom. The highest BCUT2D eigenvalue weighted by Crippen LogP contribution is 2.13. The highest BCUT2D eigenvalue weighted by molar-refractivity contribution is 5.89. The molecule has 8 nitrogen and oxygen atoms in total. The monoisotopic (exact) mass is 393 g/mol. The molecule has 0 fully saturated rings. The molecule has 28 heavy (non-hydrogen) atoms. The number of nitrogens with two attached hydrogens (primary N) is 1. The minimum atomic E-state index is -1.11. The van der Waals surface area contributed by atoms with Crippen LogP contribution in [-0.2, 0) is 20.7 Å². The number of nitrogens with zero attached hydrogens (tertiary/aromatic N) is 1. The Labute approximate surface area is 166 Å². The molecule has 1 aromatic carbocycles. The number of hydrogen-bond donors (Lipinski definition) is 3. The lowest BCUT2D eigenvalue weighted by Gasteiger charge is -2.30. The normalized spacial score (nSPS) is 13.3. The van der Waals surface area contributed by atoms with Crippen LogP contribution in [-0.4, -0.2) is 59.3 Å². The van der Waals surface area contributed by atoms with Crippen LogP contribution in [0.25, 0.3) is 0 Å². The lowest BCUT2D eigenvalue weighted by atomic mass is 10.0. The molecular formula is C20H31N3O5. The molecule has 0 radical (unpaired) electrons. The second kappa shape index (κ2) is 10.7. The van der Waals surface area contributed by atoms with Crippen LogP contribution in [0.4, 0.5) is 4.79 Å². The summed E-state index contributed by atoms with van der Waals surface area (Å²) in [5.74, 6) is -1.61. The summed E-state index contributed by atoms with van der Waals surface area (Å²) in [4.78, 5) is 38.0. The van der Waals surface area contributed by atoms with Crippen LogP contribution in [0.15, 0.2) is 30.3 Å². The molecular weight excluding hydrogens is 362 g/mol. The van der Waals surface area contributed by atoms with Gasteiger partial charge in [0.25, 0.3) is 0 Å². The van der Waals surface area contributed by atoms with Crippen molar-refractivity contribution in [2.24, 2.45) is 5.73 Å². The van der Waals surface area contributed by atoms with Crippen LogP contribution in [0.5, 0.6) is 0 Å². The van der Waals surface area contributed by atoms with Crippen LogP contribution < -0.4 is 11.1 Å². The van der Waals surface area contributed by atoms with Gasteiger partial charge in [-0.2, -0.15) is 0 Å². The fourth-order valence-corrected chi connectivity index (χ4v) is 2.69. The number of nitrogens with one attached hydrogen (secondary N) is 1. The number of aliphatic carboxylic acids is 1. The summed E-state index contributed by atoms with van der Waals surface area (Å²) in [7, 11) is 1.42. The SMILES string of the molecule is CN(C(=O)[C@H](Cc1ccccc1)NC(=O)OC(C)(C)C)[C@@H](CCCN)C(=O)O. The summed E-state index contributed by atoms with van der Waals surface area (Å²) in [6.07, 6.45) is 0.187. The third-order valence-electron chi connectivity index (χ3n) is 4.05. The van der Waals surface area contributed by atoms with Crippen molar-refractivity contribution in [3.05, 3.63) is 35.9 Å². The summed E-state index contributed by atoms with van der Waals surface area (Å²) in [6.45, 7) is 5.50. The van der Waals surface area contributed by atoms with Crippen LogP contribution in [0.1, 0.15) is 39.2 Å². The topological polar surface area (TPSA) is 122 Å². The molecule has 156 valence electrons. The standard InChI is InChI=1S/C20H31N3O5/c1-20(2,3)28-19(27)22-15(13-14-9-6-5-7-10-14)17(24)23(4)16(18(25)26)11-8-12-21/h5-7,9-10,15-16H,8,11-13,21H2,1-4H3,(H,22,27)(H,25,26)/t15-,16-/m0/s1. The lowest BCUT2D eigenvalue weighted by Crippen LogP contribution is -2.53. The number of carbonyl (C=O) groups is 3. The van der Waals surface area contributed by atoms with Crippen LogP contribution in [0, 0.1) is 0 Å². The van der Waals surface area contributed by atoms with Crippen molar-refractivity contribution < 1.29 is 24.2 Å². The van der Waals surface area contributed by atoms with Crippen molar-refractivity contribution >= 4 is 18.0 Å². The molecule has 8 heteroatoms. The second-order valence-corrected chi connectivity index (χ2v) is 7.62. The number of rotatable bonds is 9. The van der Waals surface area contributed by atoms with E-state index in [2.05, 4.69) is 5.32 Å². The Morgan fingerprint density at radius 3 is 2.32 bits per heavy atom. The molecule has 0 saturated heterocycles. The summed E-state index contributed by atoms with van der Waals surface area (Å²) < 4.78 is 5.26. The number of alkyl carbamates (subject to hydrolysis) is 1. The zero-order valence-corrected chi connectivity index (χ0v) is 17.0. The molecule has 4 N–H and O–H groups in total. The molecule has 1 rings (SSSR count). The maximum absolute atomic E-state index is 13.0. The fraction of sp³-hybridized carbons (Fsp3) is 0.550. The van der Waals surface area contributed by atoms with Crippen molar-refractivity contribution in [3.8, 4) is 0 Å². The van der Waals surface area contributed by atoms with E-state index in [1.54, 1.807) is 20.8 Å². The number of ether oxygens (including phenoxy) is 1. The van der Waals surface area contributed by atoms with E-state index in [4.69, 9.17) is 10.5 Å². The van der Waals surface area contributed by atoms with E-state index in [1.165, 1.54) is 7.05 Å². The van der Waals surface area contributed by atoms with Gasteiger partial charge in [0, 0.05) is 13.5 Å². The van der Waals surface area contributed by atoms with Crippen LogP contribution >= 0.6 is 0 Å². The van der Waals surface area contributed by atoms with Crippen molar-refractivity contribution in [2.45, 2.75) is 57.7 Å². The van der Waals surface area contributed by atoms with Crippen molar-refractivity contribution in [1.82, 2.24) is 10.2 Å². The first-order chi connectivity index (χ1) is 13.0. The molecule has 0 saturated carbocycles. The Morgan fingerprint density at radius 1 is 1.21 bits per heavy atom. The summed E-state index contributed by atoms with van der Waals surface area (Å²) in [5.41, 5.74) is 5.58. The maximum atomic E-state index is 13.0. The maximum Gasteiger partial charge on any atom is 0.408 e. The molecule has 0 spiro atoms. The quantitative estimate of drug-likeness (QED) is 0.588. The Kier molecular flexibility index (Phi) is 8.91. The third-order valence-corrected chi connectivity index (χ3v) is 4.05. The van der Waals surface area contributed by atoms with Gasteiger partial charge >= 0.3 is 12.1 Å². The lowest BCUT2D eigenvalue weighted by molar-refractivity contribution is -0.150. The number of carboxylic acids is 1. The predicted octanol–water partition coefficient (Wildman–Crippen LogP) is 1.77.